The van der Waals surface area contributed by atoms with E-state index < -0.39 is 12.0 Å². The van der Waals surface area contributed by atoms with Crippen LogP contribution in [0.15, 0.2) is 72.8 Å². The number of benzene rings is 3. The van der Waals surface area contributed by atoms with E-state index in [9.17, 15) is 14.0 Å². The fourth-order valence-electron chi connectivity index (χ4n) is 4.12. The lowest BCUT2D eigenvalue weighted by Gasteiger charge is -2.28. The molecule has 1 aliphatic rings. The van der Waals surface area contributed by atoms with Crippen molar-refractivity contribution in [3.8, 4) is 11.5 Å². The van der Waals surface area contributed by atoms with Crippen LogP contribution in [0.25, 0.3) is 0 Å². The lowest BCUT2D eigenvalue weighted by atomic mass is 9.92. The largest absolute Gasteiger partial charge is 0.497 e. The maximum atomic E-state index is 13.2. The lowest BCUT2D eigenvalue weighted by Crippen LogP contribution is -2.35. The molecule has 7 heteroatoms. The van der Waals surface area contributed by atoms with Gasteiger partial charge in [0.2, 0.25) is 11.8 Å². The van der Waals surface area contributed by atoms with Crippen LogP contribution >= 0.6 is 0 Å². The van der Waals surface area contributed by atoms with Crippen LogP contribution < -0.4 is 19.7 Å². The first-order valence-electron chi connectivity index (χ1n) is 10.6. The molecule has 1 saturated heterocycles. The molecule has 0 spiro atoms. The Kier molecular flexibility index (Phi) is 6.58. The molecule has 1 N–H and O–H groups in total. The van der Waals surface area contributed by atoms with Gasteiger partial charge in [0.25, 0.3) is 0 Å². The van der Waals surface area contributed by atoms with E-state index in [1.807, 2.05) is 36.4 Å². The minimum atomic E-state index is -0.589. The zero-order valence-electron chi connectivity index (χ0n) is 18.5. The van der Waals surface area contributed by atoms with Crippen molar-refractivity contribution in [1.29, 1.82) is 0 Å². The standard InChI is InChI=1S/C26H25FN2O4/c1-32-21-11-5-18(6-12-21)25-23(26(31)28-16-17-3-7-19(27)8-4-17)15-24(30)29(25)20-9-13-22(33-2)14-10-20/h3-14,23,25H,15-16H2,1-2H3,(H,28,31)/t23-,25+/m0/s1. The van der Waals surface area contributed by atoms with Crippen molar-refractivity contribution < 1.29 is 23.5 Å². The summed E-state index contributed by atoms with van der Waals surface area (Å²) >= 11 is 0. The second-order valence-corrected chi connectivity index (χ2v) is 7.83. The second kappa shape index (κ2) is 9.73. The number of ether oxygens (including phenoxy) is 2. The van der Waals surface area contributed by atoms with Crippen molar-refractivity contribution in [2.75, 3.05) is 19.1 Å². The molecule has 0 unspecified atom stereocenters. The molecule has 3 aromatic rings. The number of amides is 2. The van der Waals surface area contributed by atoms with Gasteiger partial charge in [-0.25, -0.2) is 4.39 Å². The van der Waals surface area contributed by atoms with Gasteiger partial charge < -0.3 is 19.7 Å². The highest BCUT2D eigenvalue weighted by molar-refractivity contribution is 6.01. The van der Waals surface area contributed by atoms with Gasteiger partial charge in [-0.3, -0.25) is 9.59 Å². The number of rotatable bonds is 7. The Balaban J connectivity index is 1.63. The lowest BCUT2D eigenvalue weighted by molar-refractivity contribution is -0.127. The van der Waals surface area contributed by atoms with Crippen molar-refractivity contribution in [2.45, 2.75) is 19.0 Å². The van der Waals surface area contributed by atoms with Gasteiger partial charge in [0, 0.05) is 18.7 Å². The van der Waals surface area contributed by atoms with Gasteiger partial charge in [0.15, 0.2) is 0 Å². The van der Waals surface area contributed by atoms with Crippen LogP contribution in [0.1, 0.15) is 23.6 Å². The smallest absolute Gasteiger partial charge is 0.228 e. The molecule has 4 rings (SSSR count). The van der Waals surface area contributed by atoms with E-state index in [4.69, 9.17) is 9.47 Å². The number of anilines is 1. The molecule has 0 aliphatic carbocycles. The fourth-order valence-corrected chi connectivity index (χ4v) is 4.12. The molecular weight excluding hydrogens is 423 g/mol. The van der Waals surface area contributed by atoms with E-state index >= 15 is 0 Å². The normalized spacial score (nSPS) is 17.7. The molecule has 2 amide bonds. The maximum Gasteiger partial charge on any atom is 0.228 e. The third-order valence-electron chi connectivity index (χ3n) is 5.85. The summed E-state index contributed by atoms with van der Waals surface area (Å²) in [6, 6.07) is 20.1. The third kappa shape index (κ3) is 4.82. The second-order valence-electron chi connectivity index (χ2n) is 7.83. The molecule has 3 aromatic carbocycles. The molecule has 2 atom stereocenters. The third-order valence-corrected chi connectivity index (χ3v) is 5.85. The zero-order chi connectivity index (χ0) is 23.4. The first-order valence-corrected chi connectivity index (χ1v) is 10.6. The van der Waals surface area contributed by atoms with Crippen molar-refractivity contribution in [1.82, 2.24) is 5.32 Å². The molecule has 0 saturated carbocycles. The van der Waals surface area contributed by atoms with Gasteiger partial charge in [-0.1, -0.05) is 24.3 Å². The predicted molar refractivity (Wildman–Crippen MR) is 123 cm³/mol. The quantitative estimate of drug-likeness (QED) is 0.587. The SMILES string of the molecule is COc1ccc([C@@H]2[C@@H](C(=O)NCc3ccc(F)cc3)CC(=O)N2c2ccc(OC)cc2)cc1. The van der Waals surface area contributed by atoms with Gasteiger partial charge >= 0.3 is 0 Å². The van der Waals surface area contributed by atoms with Crippen molar-refractivity contribution in [3.63, 3.8) is 0 Å². The Morgan fingerprint density at radius 1 is 0.939 bits per heavy atom. The fraction of sp³-hybridized carbons (Fsp3) is 0.231. The monoisotopic (exact) mass is 448 g/mol. The number of nitrogens with zero attached hydrogens (tertiary/aromatic N) is 1. The van der Waals surface area contributed by atoms with Crippen LogP contribution in [0, 0.1) is 11.7 Å². The van der Waals surface area contributed by atoms with Crippen LogP contribution in [0.4, 0.5) is 10.1 Å². The molecular formula is C26H25FN2O4. The number of carbonyl (C=O) groups is 2. The first-order chi connectivity index (χ1) is 16.0. The van der Waals surface area contributed by atoms with Gasteiger partial charge in [-0.05, 0) is 59.7 Å². The first kappa shape index (κ1) is 22.3. The Hall–Kier alpha value is -3.87. The van der Waals surface area contributed by atoms with Crippen LogP contribution in [0.5, 0.6) is 11.5 Å². The van der Waals surface area contributed by atoms with E-state index in [1.54, 1.807) is 43.4 Å². The van der Waals surface area contributed by atoms with Crippen LogP contribution in [0.3, 0.4) is 0 Å². The summed E-state index contributed by atoms with van der Waals surface area (Å²) < 4.78 is 23.7. The summed E-state index contributed by atoms with van der Waals surface area (Å²) in [5, 5.41) is 2.91. The summed E-state index contributed by atoms with van der Waals surface area (Å²) in [5.41, 5.74) is 2.30. The average Bonchev–Trinajstić information content (AvgIpc) is 3.20. The minimum Gasteiger partial charge on any atom is -0.497 e. The van der Waals surface area contributed by atoms with E-state index in [-0.39, 0.29) is 30.6 Å². The molecule has 0 aromatic heterocycles. The summed E-state index contributed by atoms with van der Waals surface area (Å²) in [7, 11) is 3.17. The van der Waals surface area contributed by atoms with E-state index in [0.717, 1.165) is 11.1 Å². The summed E-state index contributed by atoms with van der Waals surface area (Å²) in [4.78, 5) is 28.0. The number of halogens is 1. The molecule has 1 aliphatic heterocycles. The van der Waals surface area contributed by atoms with Crippen LogP contribution in [-0.2, 0) is 16.1 Å². The van der Waals surface area contributed by atoms with Crippen molar-refractivity contribution >= 4 is 17.5 Å². The molecule has 6 nitrogen and oxygen atoms in total. The van der Waals surface area contributed by atoms with E-state index in [1.165, 1.54) is 12.1 Å². The number of carbonyl (C=O) groups excluding carboxylic acids is 2. The molecule has 0 bridgehead atoms. The summed E-state index contributed by atoms with van der Waals surface area (Å²) in [5.74, 6) is 0.0819. The van der Waals surface area contributed by atoms with Gasteiger partial charge in [-0.2, -0.15) is 0 Å². The van der Waals surface area contributed by atoms with Crippen LogP contribution in [0.2, 0.25) is 0 Å². The molecule has 170 valence electrons. The number of hydrogen-bond donors (Lipinski definition) is 1. The maximum absolute atomic E-state index is 13.2. The van der Waals surface area contributed by atoms with Crippen LogP contribution in [-0.4, -0.2) is 26.0 Å². The molecule has 1 fully saturated rings. The Bertz CT molecular complexity index is 1110. The number of hydrogen-bond acceptors (Lipinski definition) is 4. The molecule has 0 radical (unpaired) electrons. The highest BCUT2D eigenvalue weighted by atomic mass is 19.1. The minimum absolute atomic E-state index is 0.0813. The van der Waals surface area contributed by atoms with Crippen molar-refractivity contribution in [2.24, 2.45) is 5.92 Å². The zero-order valence-corrected chi connectivity index (χ0v) is 18.5. The predicted octanol–water partition coefficient (Wildman–Crippen LogP) is 4.25. The summed E-state index contributed by atoms with van der Waals surface area (Å²) in [6.07, 6.45) is 0.0813. The van der Waals surface area contributed by atoms with E-state index in [2.05, 4.69) is 5.32 Å². The Labute approximate surface area is 191 Å². The highest BCUT2D eigenvalue weighted by Crippen LogP contribution is 2.42. The highest BCUT2D eigenvalue weighted by Gasteiger charge is 2.45. The van der Waals surface area contributed by atoms with Crippen molar-refractivity contribution in [3.05, 3.63) is 89.7 Å². The molecule has 1 heterocycles. The average molecular weight is 448 g/mol. The summed E-state index contributed by atoms with van der Waals surface area (Å²) in [6.45, 7) is 0.252. The van der Waals surface area contributed by atoms with Gasteiger partial charge in [0.05, 0.1) is 26.2 Å². The number of nitrogens with one attached hydrogen (secondary N) is 1. The molecule has 33 heavy (non-hydrogen) atoms. The Morgan fingerprint density at radius 2 is 1.52 bits per heavy atom. The van der Waals surface area contributed by atoms with Gasteiger partial charge in [-0.15, -0.1) is 0 Å². The Morgan fingerprint density at radius 3 is 2.09 bits per heavy atom. The number of methoxy groups -OCH3 is 2. The topological polar surface area (TPSA) is 67.9 Å². The van der Waals surface area contributed by atoms with E-state index in [0.29, 0.717) is 17.2 Å². The van der Waals surface area contributed by atoms with Gasteiger partial charge in [0.1, 0.15) is 17.3 Å².